The van der Waals surface area contributed by atoms with Crippen molar-refractivity contribution >= 4 is 24.4 Å². The molecule has 9 heteroatoms. The first-order valence-electron chi connectivity index (χ1n) is 5.38. The predicted octanol–water partition coefficient (Wildman–Crippen LogP) is 2.15. The Balaban J connectivity index is 0.000000342. The Morgan fingerprint density at radius 3 is 1.63 bits per heavy atom. The minimum atomic E-state index is -1.92. The summed E-state index contributed by atoms with van der Waals surface area (Å²) in [6, 6.07) is 0. The summed E-state index contributed by atoms with van der Waals surface area (Å²) >= 11 is 0. The Kier molecular flexibility index (Phi) is 7.66. The van der Waals surface area contributed by atoms with Crippen molar-refractivity contribution in [1.29, 1.82) is 0 Å². The number of carboxylic acids is 1. The van der Waals surface area contributed by atoms with Gasteiger partial charge in [-0.2, -0.15) is 0 Å². The molecule has 0 unspecified atom stereocenters. The fraction of sp³-hybridized carbons (Fsp3) is 0.600. The number of hydrogen-bond donors (Lipinski definition) is 3. The molecule has 0 heterocycles. The van der Waals surface area contributed by atoms with Crippen molar-refractivity contribution in [2.24, 2.45) is 5.92 Å². The summed E-state index contributed by atoms with van der Waals surface area (Å²) in [6.07, 6.45) is -0.522. The zero-order valence-corrected chi connectivity index (χ0v) is 9.90. The first-order valence-corrected chi connectivity index (χ1v) is 5.38. The fourth-order valence-electron chi connectivity index (χ4n) is 1.62. The van der Waals surface area contributed by atoms with Crippen LogP contribution in [0.2, 0.25) is 0 Å². The van der Waals surface area contributed by atoms with Crippen molar-refractivity contribution in [3.05, 3.63) is 0 Å². The van der Waals surface area contributed by atoms with Crippen molar-refractivity contribution in [3.63, 3.8) is 0 Å². The largest absolute Gasteiger partial charge is 0.528 e. The molecule has 0 aromatic rings. The van der Waals surface area contributed by atoms with E-state index in [1.54, 1.807) is 0 Å². The molecule has 0 aromatic heterocycles. The number of ether oxygens (including phenoxy) is 2. The lowest BCUT2D eigenvalue weighted by Crippen LogP contribution is -2.14. The van der Waals surface area contributed by atoms with E-state index in [1.807, 2.05) is 0 Å². The molecule has 0 spiro atoms. The van der Waals surface area contributed by atoms with Crippen LogP contribution in [0.3, 0.4) is 0 Å². The number of hydrogen-bond acceptors (Lipinski definition) is 6. The average molecular weight is 278 g/mol. The van der Waals surface area contributed by atoms with Crippen LogP contribution in [0, 0.1) is 5.92 Å². The van der Waals surface area contributed by atoms with Crippen LogP contribution in [0.5, 0.6) is 0 Å². The molecular weight excluding hydrogens is 264 g/mol. The third kappa shape index (κ3) is 10.5. The molecule has 108 valence electrons. The van der Waals surface area contributed by atoms with E-state index in [1.165, 1.54) is 12.8 Å². The highest BCUT2D eigenvalue weighted by Gasteiger charge is 2.17. The highest BCUT2D eigenvalue weighted by Crippen LogP contribution is 2.27. The van der Waals surface area contributed by atoms with Gasteiger partial charge in [0.25, 0.3) is 0 Å². The number of carboxylic acid groups (broad SMARTS) is 3. The molecule has 0 aromatic carbocycles. The molecule has 9 nitrogen and oxygen atoms in total. The monoisotopic (exact) mass is 278 g/mol. The van der Waals surface area contributed by atoms with E-state index in [4.69, 9.17) is 15.3 Å². The molecule has 0 aliphatic heterocycles. The Morgan fingerprint density at radius 2 is 1.32 bits per heavy atom. The number of rotatable bonds is 2. The molecule has 0 bridgehead atoms. The van der Waals surface area contributed by atoms with Crippen LogP contribution < -0.4 is 0 Å². The summed E-state index contributed by atoms with van der Waals surface area (Å²) in [4.78, 5) is 39.0. The Hall–Kier alpha value is -2.32. The number of carbonyl (C=O) groups excluding carboxylic acids is 1. The second-order valence-electron chi connectivity index (χ2n) is 3.73. The van der Waals surface area contributed by atoms with Gasteiger partial charge in [0.05, 0.1) is 0 Å². The maximum absolute atomic E-state index is 10.2. The van der Waals surface area contributed by atoms with Gasteiger partial charge in [0.15, 0.2) is 0 Å². The van der Waals surface area contributed by atoms with Crippen LogP contribution in [0.1, 0.15) is 32.1 Å². The van der Waals surface area contributed by atoms with Gasteiger partial charge in [-0.1, -0.05) is 12.8 Å². The first kappa shape index (κ1) is 16.7. The third-order valence-electron chi connectivity index (χ3n) is 2.28. The molecule has 0 amide bonds. The van der Waals surface area contributed by atoms with Crippen LogP contribution in [-0.4, -0.2) is 39.8 Å². The van der Waals surface area contributed by atoms with Gasteiger partial charge >= 0.3 is 24.4 Å². The van der Waals surface area contributed by atoms with E-state index in [0.29, 0.717) is 12.3 Å². The standard InChI is InChI=1S/C7H12O2.C3H2O7/c8-7(9)5-6-3-1-2-4-6;4-1(5)9-3(8)10-2(6)7/h6H,1-5H2,(H,8,9);(H,4,5)(H,6,7). The summed E-state index contributed by atoms with van der Waals surface area (Å²) in [6.45, 7) is 0. The summed E-state index contributed by atoms with van der Waals surface area (Å²) in [5.41, 5.74) is 0. The fourth-order valence-corrected chi connectivity index (χ4v) is 1.62. The van der Waals surface area contributed by atoms with E-state index < -0.39 is 24.4 Å². The molecule has 0 saturated heterocycles. The minimum Gasteiger partial charge on any atom is -0.481 e. The molecule has 1 aliphatic carbocycles. The SMILES string of the molecule is O=C(O)CC1CCCC1.O=C(O)OC(=O)OC(=O)O. The second-order valence-corrected chi connectivity index (χ2v) is 3.73. The average Bonchev–Trinajstić information content (AvgIpc) is 2.67. The van der Waals surface area contributed by atoms with Crippen molar-refractivity contribution in [3.8, 4) is 0 Å². The third-order valence-corrected chi connectivity index (χ3v) is 2.28. The Labute approximate surface area is 107 Å². The molecular formula is C10H14O9. The van der Waals surface area contributed by atoms with Crippen molar-refractivity contribution < 1.29 is 44.0 Å². The molecule has 0 atom stereocenters. The van der Waals surface area contributed by atoms with Crippen molar-refractivity contribution in [1.82, 2.24) is 0 Å². The molecule has 1 saturated carbocycles. The maximum atomic E-state index is 10.2. The van der Waals surface area contributed by atoms with E-state index in [2.05, 4.69) is 9.47 Å². The summed E-state index contributed by atoms with van der Waals surface area (Å²) < 4.78 is 6.47. The predicted molar refractivity (Wildman–Crippen MR) is 57.8 cm³/mol. The van der Waals surface area contributed by atoms with Crippen LogP contribution in [0.15, 0.2) is 0 Å². The van der Waals surface area contributed by atoms with E-state index in [-0.39, 0.29) is 0 Å². The van der Waals surface area contributed by atoms with Gasteiger partial charge in [-0.15, -0.1) is 0 Å². The normalized spacial score (nSPS) is 13.9. The lowest BCUT2D eigenvalue weighted by atomic mass is 10.1. The van der Waals surface area contributed by atoms with Crippen LogP contribution in [0.25, 0.3) is 0 Å². The highest BCUT2D eigenvalue weighted by molar-refractivity contribution is 5.82. The number of carbonyl (C=O) groups is 4. The highest BCUT2D eigenvalue weighted by atomic mass is 16.8. The topological polar surface area (TPSA) is 147 Å². The van der Waals surface area contributed by atoms with Gasteiger partial charge in [-0.05, 0) is 18.8 Å². The van der Waals surface area contributed by atoms with Gasteiger partial charge in [0.2, 0.25) is 0 Å². The first-order chi connectivity index (χ1) is 8.81. The Bertz CT molecular complexity index is 325. The zero-order valence-electron chi connectivity index (χ0n) is 9.90. The zero-order chi connectivity index (χ0) is 14.8. The van der Waals surface area contributed by atoms with Crippen molar-refractivity contribution in [2.75, 3.05) is 0 Å². The van der Waals surface area contributed by atoms with Crippen LogP contribution in [-0.2, 0) is 14.3 Å². The summed E-state index contributed by atoms with van der Waals surface area (Å²) in [7, 11) is 0. The lowest BCUT2D eigenvalue weighted by Gasteiger charge is -2.01. The smallest absolute Gasteiger partial charge is 0.481 e. The van der Waals surface area contributed by atoms with Gasteiger partial charge in [0, 0.05) is 6.42 Å². The van der Waals surface area contributed by atoms with Crippen LogP contribution in [0.4, 0.5) is 14.4 Å². The second kappa shape index (κ2) is 8.72. The summed E-state index contributed by atoms with van der Waals surface area (Å²) in [5, 5.41) is 23.7. The molecule has 1 rings (SSSR count). The van der Waals surface area contributed by atoms with E-state index in [9.17, 15) is 19.2 Å². The summed E-state index contributed by atoms with van der Waals surface area (Å²) in [5.74, 6) is -0.149. The van der Waals surface area contributed by atoms with E-state index in [0.717, 1.165) is 12.8 Å². The van der Waals surface area contributed by atoms with Gasteiger partial charge < -0.3 is 24.8 Å². The van der Waals surface area contributed by atoms with Crippen LogP contribution >= 0.6 is 0 Å². The molecule has 3 N–H and O–H groups in total. The van der Waals surface area contributed by atoms with Gasteiger partial charge in [-0.3, -0.25) is 4.79 Å². The molecule has 19 heavy (non-hydrogen) atoms. The lowest BCUT2D eigenvalue weighted by molar-refractivity contribution is -0.138. The quantitative estimate of drug-likeness (QED) is 0.510. The molecule has 1 aliphatic rings. The molecule has 1 fully saturated rings. The molecule has 0 radical (unpaired) electrons. The minimum absolute atomic E-state index is 0.389. The van der Waals surface area contributed by atoms with Crippen molar-refractivity contribution in [2.45, 2.75) is 32.1 Å². The van der Waals surface area contributed by atoms with E-state index >= 15 is 0 Å². The number of aliphatic carboxylic acids is 1. The maximum Gasteiger partial charge on any atom is 0.528 e. The van der Waals surface area contributed by atoms with Gasteiger partial charge in [0.1, 0.15) is 0 Å². The Morgan fingerprint density at radius 1 is 0.895 bits per heavy atom. The van der Waals surface area contributed by atoms with Gasteiger partial charge in [-0.25, -0.2) is 14.4 Å².